The van der Waals surface area contributed by atoms with Gasteiger partial charge in [-0.3, -0.25) is 4.68 Å². The Bertz CT molecular complexity index is 506. The van der Waals surface area contributed by atoms with Crippen molar-refractivity contribution in [3.63, 3.8) is 0 Å². The van der Waals surface area contributed by atoms with Crippen molar-refractivity contribution in [2.75, 3.05) is 13.1 Å². The maximum Gasteiger partial charge on any atom is 0.246 e. The number of aryl methyl sites for hydroxylation is 1. The number of hydrogen-bond acceptors (Lipinski definition) is 4. The Labute approximate surface area is 114 Å². The van der Waals surface area contributed by atoms with Gasteiger partial charge in [-0.2, -0.15) is 9.40 Å². The molecule has 1 saturated heterocycles. The van der Waals surface area contributed by atoms with Crippen LogP contribution in [0, 0.1) is 6.92 Å². The molecule has 0 atom stereocenters. The Hall–Kier alpha value is -0.630. The number of rotatable bonds is 2. The van der Waals surface area contributed by atoms with E-state index in [-0.39, 0.29) is 18.4 Å². The molecule has 0 unspecified atom stereocenters. The molecule has 1 aromatic heterocycles. The molecule has 0 aliphatic carbocycles. The average molecular weight is 295 g/mol. The van der Waals surface area contributed by atoms with Crippen LogP contribution in [0.4, 0.5) is 0 Å². The molecule has 0 bridgehead atoms. The standard InChI is InChI=1S/C10H18N4O2S.ClH/c1-8-10(7-12-13(8)2)17(15,16)14-5-3-9(11)4-6-14;/h7,9H,3-6,11H2,1-2H3;1H. The summed E-state index contributed by atoms with van der Waals surface area (Å²) in [5, 5.41) is 3.98. The van der Waals surface area contributed by atoms with Gasteiger partial charge in [0.2, 0.25) is 10.0 Å². The van der Waals surface area contributed by atoms with E-state index in [0.29, 0.717) is 23.7 Å². The summed E-state index contributed by atoms with van der Waals surface area (Å²) in [6.07, 6.45) is 2.86. The molecule has 8 heteroatoms. The van der Waals surface area contributed by atoms with Gasteiger partial charge in [0.05, 0.1) is 11.9 Å². The fourth-order valence-electron chi connectivity index (χ4n) is 1.99. The highest BCUT2D eigenvalue weighted by molar-refractivity contribution is 7.89. The molecule has 104 valence electrons. The zero-order valence-electron chi connectivity index (χ0n) is 10.5. The van der Waals surface area contributed by atoms with Gasteiger partial charge in [0.1, 0.15) is 4.90 Å². The largest absolute Gasteiger partial charge is 0.328 e. The number of piperidine rings is 1. The summed E-state index contributed by atoms with van der Waals surface area (Å²) in [5.41, 5.74) is 6.44. The van der Waals surface area contributed by atoms with Crippen LogP contribution < -0.4 is 5.73 Å². The van der Waals surface area contributed by atoms with Gasteiger partial charge in [-0.05, 0) is 19.8 Å². The second-order valence-electron chi connectivity index (χ2n) is 4.46. The highest BCUT2D eigenvalue weighted by Gasteiger charge is 2.30. The first-order valence-corrected chi connectivity index (χ1v) is 7.11. The number of halogens is 1. The molecular weight excluding hydrogens is 276 g/mol. The van der Waals surface area contributed by atoms with E-state index in [1.165, 1.54) is 10.5 Å². The van der Waals surface area contributed by atoms with E-state index in [4.69, 9.17) is 5.73 Å². The number of hydrogen-bond donors (Lipinski definition) is 1. The maximum absolute atomic E-state index is 12.4. The third kappa shape index (κ3) is 2.69. The normalized spacial score (nSPS) is 18.6. The van der Waals surface area contributed by atoms with Gasteiger partial charge in [-0.1, -0.05) is 0 Å². The van der Waals surface area contributed by atoms with Gasteiger partial charge in [-0.15, -0.1) is 12.4 Å². The van der Waals surface area contributed by atoms with Crippen molar-refractivity contribution in [3.05, 3.63) is 11.9 Å². The van der Waals surface area contributed by atoms with Crippen LogP contribution in [0.2, 0.25) is 0 Å². The molecule has 2 rings (SSSR count). The Balaban J connectivity index is 0.00000162. The minimum absolute atomic E-state index is 0. The zero-order valence-corrected chi connectivity index (χ0v) is 12.2. The quantitative estimate of drug-likeness (QED) is 0.848. The zero-order chi connectivity index (χ0) is 12.6. The van der Waals surface area contributed by atoms with Crippen molar-refractivity contribution >= 4 is 22.4 Å². The lowest BCUT2D eigenvalue weighted by atomic mass is 10.1. The summed E-state index contributed by atoms with van der Waals surface area (Å²) < 4.78 is 27.8. The molecule has 0 aromatic carbocycles. The van der Waals surface area contributed by atoms with Crippen LogP contribution in [0.3, 0.4) is 0 Å². The molecule has 0 saturated carbocycles. The van der Waals surface area contributed by atoms with E-state index in [1.807, 2.05) is 0 Å². The minimum Gasteiger partial charge on any atom is -0.328 e. The van der Waals surface area contributed by atoms with E-state index in [9.17, 15) is 8.42 Å². The molecule has 2 heterocycles. The van der Waals surface area contributed by atoms with Gasteiger partial charge >= 0.3 is 0 Å². The minimum atomic E-state index is -3.40. The highest BCUT2D eigenvalue weighted by atomic mass is 35.5. The fraction of sp³-hybridized carbons (Fsp3) is 0.700. The smallest absolute Gasteiger partial charge is 0.246 e. The van der Waals surface area contributed by atoms with Crippen LogP contribution in [-0.2, 0) is 17.1 Å². The fourth-order valence-corrected chi connectivity index (χ4v) is 3.64. The van der Waals surface area contributed by atoms with Crippen molar-refractivity contribution in [2.45, 2.75) is 30.7 Å². The molecule has 1 aromatic rings. The lowest BCUT2D eigenvalue weighted by Crippen LogP contribution is -2.42. The van der Waals surface area contributed by atoms with Crippen molar-refractivity contribution in [2.24, 2.45) is 12.8 Å². The molecule has 0 radical (unpaired) electrons. The first-order valence-electron chi connectivity index (χ1n) is 5.67. The lowest BCUT2D eigenvalue weighted by Gasteiger charge is -2.29. The Morgan fingerprint density at radius 2 is 1.94 bits per heavy atom. The van der Waals surface area contributed by atoms with Gasteiger partial charge in [-0.25, -0.2) is 8.42 Å². The number of nitrogens with zero attached hydrogens (tertiary/aromatic N) is 3. The summed E-state index contributed by atoms with van der Waals surface area (Å²) in [5.74, 6) is 0. The summed E-state index contributed by atoms with van der Waals surface area (Å²) in [4.78, 5) is 0.301. The van der Waals surface area contributed by atoms with Gasteiger partial charge in [0.25, 0.3) is 0 Å². The van der Waals surface area contributed by atoms with Crippen molar-refractivity contribution in [3.8, 4) is 0 Å². The Morgan fingerprint density at radius 1 is 1.39 bits per heavy atom. The first kappa shape index (κ1) is 15.4. The maximum atomic E-state index is 12.4. The number of sulfonamides is 1. The molecular formula is C10H19ClN4O2S. The number of aromatic nitrogens is 2. The molecule has 1 fully saturated rings. The third-order valence-corrected chi connectivity index (χ3v) is 5.31. The van der Waals surface area contributed by atoms with E-state index >= 15 is 0 Å². The Morgan fingerprint density at radius 3 is 2.39 bits per heavy atom. The predicted octanol–water partition coefficient (Wildman–Crippen LogP) is 0.262. The summed E-state index contributed by atoms with van der Waals surface area (Å²) in [6.45, 7) is 2.76. The van der Waals surface area contributed by atoms with E-state index in [1.54, 1.807) is 18.7 Å². The molecule has 0 spiro atoms. The van der Waals surface area contributed by atoms with Gasteiger partial charge in [0, 0.05) is 26.2 Å². The average Bonchev–Trinajstić information content (AvgIpc) is 2.61. The second-order valence-corrected chi connectivity index (χ2v) is 6.37. The molecule has 2 N–H and O–H groups in total. The summed E-state index contributed by atoms with van der Waals surface area (Å²) >= 11 is 0. The van der Waals surface area contributed by atoms with Gasteiger partial charge < -0.3 is 5.73 Å². The van der Waals surface area contributed by atoms with E-state index in [0.717, 1.165) is 12.8 Å². The van der Waals surface area contributed by atoms with Crippen molar-refractivity contribution < 1.29 is 8.42 Å². The second kappa shape index (κ2) is 5.56. The van der Waals surface area contributed by atoms with Crippen LogP contribution in [-0.4, -0.2) is 41.6 Å². The van der Waals surface area contributed by atoms with E-state index < -0.39 is 10.0 Å². The van der Waals surface area contributed by atoms with E-state index in [2.05, 4.69) is 5.10 Å². The molecule has 18 heavy (non-hydrogen) atoms. The SMILES string of the molecule is Cc1c(S(=O)(=O)N2CCC(N)CC2)cnn1C.Cl. The van der Waals surface area contributed by atoms with Crippen LogP contribution in [0.25, 0.3) is 0 Å². The predicted molar refractivity (Wildman–Crippen MR) is 71.2 cm³/mol. The van der Waals surface area contributed by atoms with Crippen molar-refractivity contribution in [1.82, 2.24) is 14.1 Å². The molecule has 6 nitrogen and oxygen atoms in total. The van der Waals surface area contributed by atoms with Crippen LogP contribution in [0.5, 0.6) is 0 Å². The van der Waals surface area contributed by atoms with Crippen LogP contribution in [0.15, 0.2) is 11.1 Å². The first-order chi connectivity index (χ1) is 7.93. The lowest BCUT2D eigenvalue weighted by molar-refractivity contribution is 0.320. The summed E-state index contributed by atoms with van der Waals surface area (Å²) in [7, 11) is -1.66. The number of nitrogens with two attached hydrogens (primary N) is 1. The molecule has 0 amide bonds. The molecule has 1 aliphatic rings. The van der Waals surface area contributed by atoms with Gasteiger partial charge in [0.15, 0.2) is 0 Å². The highest BCUT2D eigenvalue weighted by Crippen LogP contribution is 2.22. The monoisotopic (exact) mass is 294 g/mol. The van der Waals surface area contributed by atoms with Crippen LogP contribution in [0.1, 0.15) is 18.5 Å². The topological polar surface area (TPSA) is 81.2 Å². The Kier molecular flexibility index (Phi) is 4.77. The third-order valence-electron chi connectivity index (χ3n) is 3.31. The van der Waals surface area contributed by atoms with Crippen molar-refractivity contribution in [1.29, 1.82) is 0 Å². The summed E-state index contributed by atoms with van der Waals surface area (Å²) in [6, 6.07) is 0.122. The van der Waals surface area contributed by atoms with Crippen LogP contribution >= 0.6 is 12.4 Å². The molecule has 1 aliphatic heterocycles.